The van der Waals surface area contributed by atoms with Gasteiger partial charge in [-0.05, 0) is 68.9 Å². The molecule has 0 saturated carbocycles. The van der Waals surface area contributed by atoms with E-state index in [1.54, 1.807) is 6.07 Å². The number of nitrogens with zero attached hydrogens (tertiary/aromatic N) is 2. The van der Waals surface area contributed by atoms with E-state index in [9.17, 15) is 9.59 Å². The molecule has 168 valence electrons. The molecular weight excluding hydrogens is 422 g/mol. The van der Waals surface area contributed by atoms with E-state index in [1.807, 2.05) is 49.9 Å². The first-order chi connectivity index (χ1) is 15.2. The summed E-state index contributed by atoms with van der Waals surface area (Å²) in [7, 11) is 0. The van der Waals surface area contributed by atoms with Crippen LogP contribution < -0.4 is 5.32 Å². The largest absolute Gasteiger partial charge is 0.459 e. The molecule has 2 unspecified atom stereocenters. The van der Waals surface area contributed by atoms with E-state index in [0.29, 0.717) is 44.4 Å². The van der Waals surface area contributed by atoms with Crippen LogP contribution in [0.3, 0.4) is 0 Å². The predicted molar refractivity (Wildman–Crippen MR) is 127 cm³/mol. The minimum absolute atomic E-state index is 0.0170. The van der Waals surface area contributed by atoms with Crippen molar-refractivity contribution in [3.05, 3.63) is 57.8 Å². The van der Waals surface area contributed by atoms with E-state index in [4.69, 9.17) is 4.42 Å². The average Bonchev–Trinajstić information content (AvgIpc) is 3.34. The number of anilines is 1. The van der Waals surface area contributed by atoms with E-state index in [1.165, 1.54) is 11.3 Å². The maximum atomic E-state index is 13.1. The van der Waals surface area contributed by atoms with Gasteiger partial charge >= 0.3 is 0 Å². The van der Waals surface area contributed by atoms with Crippen molar-refractivity contribution in [1.82, 2.24) is 9.88 Å². The Morgan fingerprint density at radius 2 is 1.81 bits per heavy atom. The van der Waals surface area contributed by atoms with Gasteiger partial charge in [0.1, 0.15) is 10.6 Å². The van der Waals surface area contributed by atoms with Crippen molar-refractivity contribution in [2.24, 2.45) is 11.8 Å². The molecule has 1 N–H and O–H groups in total. The highest BCUT2D eigenvalue weighted by Gasteiger charge is 2.26. The number of hydrogen-bond acceptors (Lipinski definition) is 5. The Hall–Kier alpha value is -2.93. The third kappa shape index (κ3) is 4.63. The van der Waals surface area contributed by atoms with Gasteiger partial charge in [0.05, 0.1) is 5.69 Å². The Balaban J connectivity index is 1.54. The number of nitrogens with one attached hydrogen (secondary N) is 1. The first-order valence-corrected chi connectivity index (χ1v) is 11.8. The zero-order valence-electron chi connectivity index (χ0n) is 19.2. The fourth-order valence-corrected chi connectivity index (χ4v) is 5.27. The number of hydrogen-bond donors (Lipinski definition) is 1. The lowest BCUT2D eigenvalue weighted by Gasteiger charge is -2.35. The number of furan rings is 1. The van der Waals surface area contributed by atoms with Crippen molar-refractivity contribution in [3.63, 3.8) is 0 Å². The summed E-state index contributed by atoms with van der Waals surface area (Å²) in [5, 5.41) is 3.66. The number of thiazole rings is 1. The van der Waals surface area contributed by atoms with Gasteiger partial charge in [0, 0.05) is 24.3 Å². The highest BCUT2D eigenvalue weighted by molar-refractivity contribution is 7.17. The van der Waals surface area contributed by atoms with Crippen LogP contribution in [0.15, 0.2) is 34.7 Å². The quantitative estimate of drug-likeness (QED) is 0.552. The van der Waals surface area contributed by atoms with Crippen LogP contribution in [0.5, 0.6) is 0 Å². The number of amides is 2. The Bertz CT molecular complexity index is 1150. The van der Waals surface area contributed by atoms with Gasteiger partial charge in [-0.25, -0.2) is 4.98 Å². The van der Waals surface area contributed by atoms with Crippen molar-refractivity contribution in [2.45, 2.75) is 41.0 Å². The molecule has 1 aromatic carbocycles. The van der Waals surface area contributed by atoms with Gasteiger partial charge in [-0.2, -0.15) is 0 Å². The Morgan fingerprint density at radius 3 is 2.47 bits per heavy atom. The van der Waals surface area contributed by atoms with Gasteiger partial charge in [0.2, 0.25) is 0 Å². The molecule has 1 saturated heterocycles. The van der Waals surface area contributed by atoms with Crippen molar-refractivity contribution in [1.29, 1.82) is 0 Å². The molecule has 1 fully saturated rings. The second-order valence-electron chi connectivity index (χ2n) is 8.98. The van der Waals surface area contributed by atoms with Crippen LogP contribution in [-0.4, -0.2) is 34.8 Å². The highest BCUT2D eigenvalue weighted by Crippen LogP contribution is 2.30. The zero-order chi connectivity index (χ0) is 23.0. The van der Waals surface area contributed by atoms with Crippen molar-refractivity contribution in [3.8, 4) is 10.8 Å². The normalized spacial score (nSPS) is 18.6. The summed E-state index contributed by atoms with van der Waals surface area (Å²) < 4.78 is 5.64. The standard InChI is InChI=1S/C25H29N3O3S/c1-14-10-15(2)13-28(12-14)25(30)19-8-6-16(3)20(11-19)27-23(29)22-18(5)26-24(32-22)21-9-7-17(4)31-21/h6-9,11,14-15H,10,12-13H2,1-5H3,(H,27,29). The Morgan fingerprint density at radius 1 is 1.09 bits per heavy atom. The summed E-state index contributed by atoms with van der Waals surface area (Å²) in [6, 6.07) is 9.24. The van der Waals surface area contributed by atoms with Crippen LogP contribution in [0, 0.1) is 32.6 Å². The third-order valence-corrected chi connectivity index (χ3v) is 7.01. The zero-order valence-corrected chi connectivity index (χ0v) is 20.0. The molecule has 32 heavy (non-hydrogen) atoms. The SMILES string of the molecule is Cc1ccc(-c2nc(C)c(C(=O)Nc3cc(C(=O)N4CC(C)CC(C)C4)ccc3C)s2)o1. The molecule has 2 aromatic heterocycles. The molecule has 1 aliphatic rings. The molecule has 7 heteroatoms. The number of rotatable bonds is 4. The molecular formula is C25H29N3O3S. The first-order valence-electron chi connectivity index (χ1n) is 11.0. The van der Waals surface area contributed by atoms with Gasteiger partial charge in [0.25, 0.3) is 11.8 Å². The summed E-state index contributed by atoms with van der Waals surface area (Å²) in [5.41, 5.74) is 2.79. The Labute approximate surface area is 192 Å². The molecule has 0 aliphatic carbocycles. The minimum Gasteiger partial charge on any atom is -0.459 e. The second-order valence-corrected chi connectivity index (χ2v) is 9.98. The minimum atomic E-state index is -0.234. The van der Waals surface area contributed by atoms with Crippen LogP contribution in [-0.2, 0) is 0 Å². The number of aryl methyl sites for hydroxylation is 3. The van der Waals surface area contributed by atoms with Gasteiger partial charge in [0.15, 0.2) is 10.8 Å². The molecule has 2 amide bonds. The molecule has 0 bridgehead atoms. The van der Waals surface area contributed by atoms with Gasteiger partial charge < -0.3 is 14.6 Å². The molecule has 3 heterocycles. The lowest BCUT2D eigenvalue weighted by atomic mass is 9.91. The van der Waals surface area contributed by atoms with Crippen molar-refractivity contribution in [2.75, 3.05) is 18.4 Å². The number of likely N-dealkylation sites (tertiary alicyclic amines) is 1. The smallest absolute Gasteiger partial charge is 0.267 e. The molecule has 1 aliphatic heterocycles. The molecule has 6 nitrogen and oxygen atoms in total. The van der Waals surface area contributed by atoms with E-state index >= 15 is 0 Å². The summed E-state index contributed by atoms with van der Waals surface area (Å²) in [6.45, 7) is 11.5. The predicted octanol–water partition coefficient (Wildman–Crippen LogP) is 5.70. The second kappa shape index (κ2) is 8.90. The summed E-state index contributed by atoms with van der Waals surface area (Å²) in [5.74, 6) is 2.23. The number of aromatic nitrogens is 1. The topological polar surface area (TPSA) is 75.4 Å². The molecule has 4 rings (SSSR count). The fourth-order valence-electron chi connectivity index (χ4n) is 4.34. The number of carbonyl (C=O) groups is 2. The van der Waals surface area contributed by atoms with E-state index in [0.717, 1.165) is 30.8 Å². The maximum absolute atomic E-state index is 13.1. The lowest BCUT2D eigenvalue weighted by Crippen LogP contribution is -2.42. The molecule has 0 spiro atoms. The maximum Gasteiger partial charge on any atom is 0.267 e. The lowest BCUT2D eigenvalue weighted by molar-refractivity contribution is 0.0623. The van der Waals surface area contributed by atoms with E-state index in [2.05, 4.69) is 24.1 Å². The number of piperidine rings is 1. The molecule has 2 atom stereocenters. The van der Waals surface area contributed by atoms with E-state index < -0.39 is 0 Å². The molecule has 3 aromatic rings. The third-order valence-electron chi connectivity index (χ3n) is 5.84. The molecule has 0 radical (unpaired) electrons. The van der Waals surface area contributed by atoms with Crippen LogP contribution in [0.25, 0.3) is 10.8 Å². The number of benzene rings is 1. The Kier molecular flexibility index (Phi) is 6.20. The monoisotopic (exact) mass is 451 g/mol. The summed E-state index contributed by atoms with van der Waals surface area (Å²) in [6.07, 6.45) is 1.15. The average molecular weight is 452 g/mol. The van der Waals surface area contributed by atoms with Crippen molar-refractivity contribution < 1.29 is 14.0 Å². The first kappa shape index (κ1) is 22.3. The van der Waals surface area contributed by atoms with E-state index in [-0.39, 0.29) is 11.8 Å². The summed E-state index contributed by atoms with van der Waals surface area (Å²) >= 11 is 1.30. The van der Waals surface area contributed by atoms with Crippen molar-refractivity contribution >= 4 is 28.8 Å². The van der Waals surface area contributed by atoms with Crippen LogP contribution >= 0.6 is 11.3 Å². The summed E-state index contributed by atoms with van der Waals surface area (Å²) in [4.78, 5) is 33.1. The highest BCUT2D eigenvalue weighted by atomic mass is 32.1. The number of carbonyl (C=O) groups excluding carboxylic acids is 2. The fraction of sp³-hybridized carbons (Fsp3) is 0.400. The van der Waals surface area contributed by atoms with Crippen LogP contribution in [0.1, 0.15) is 57.3 Å². The van der Waals surface area contributed by atoms with Crippen LogP contribution in [0.2, 0.25) is 0 Å². The van der Waals surface area contributed by atoms with Gasteiger partial charge in [-0.3, -0.25) is 9.59 Å². The van der Waals surface area contributed by atoms with Crippen LogP contribution in [0.4, 0.5) is 5.69 Å². The van der Waals surface area contributed by atoms with Gasteiger partial charge in [-0.15, -0.1) is 11.3 Å². The van der Waals surface area contributed by atoms with Gasteiger partial charge in [-0.1, -0.05) is 19.9 Å².